The number of hydrogen-bond acceptors (Lipinski definition) is 5. The van der Waals surface area contributed by atoms with Crippen LogP contribution in [-0.4, -0.2) is 23.6 Å². The number of rotatable bonds is 3. The Kier molecular flexibility index (Phi) is 2.82. The second-order valence-electron chi connectivity index (χ2n) is 2.85. The van der Waals surface area contributed by atoms with Crippen molar-refractivity contribution in [1.29, 1.82) is 0 Å². The van der Waals surface area contributed by atoms with Gasteiger partial charge in [-0.05, 0) is 17.6 Å². The molecule has 0 aliphatic heterocycles. The van der Waals surface area contributed by atoms with Crippen LogP contribution in [0.4, 0.5) is 0 Å². The summed E-state index contributed by atoms with van der Waals surface area (Å²) in [7, 11) is 3.22. The molecule has 2 rings (SSSR count). The van der Waals surface area contributed by atoms with E-state index < -0.39 is 0 Å². The number of methoxy groups -OCH3 is 2. The number of nitrogens with zero attached hydrogens (tertiary/aromatic N) is 2. The molecule has 0 saturated heterocycles. The van der Waals surface area contributed by atoms with Crippen molar-refractivity contribution in [3.8, 4) is 22.1 Å². The first-order valence-corrected chi connectivity index (χ1v) is 5.11. The third-order valence-corrected chi connectivity index (χ3v) is 2.75. The van der Waals surface area contributed by atoms with E-state index >= 15 is 0 Å². The average molecular weight is 222 g/mol. The molecule has 0 aliphatic rings. The van der Waals surface area contributed by atoms with Crippen LogP contribution < -0.4 is 9.47 Å². The van der Waals surface area contributed by atoms with Crippen LogP contribution in [0.5, 0.6) is 11.6 Å². The summed E-state index contributed by atoms with van der Waals surface area (Å²) < 4.78 is 14.2. The van der Waals surface area contributed by atoms with Gasteiger partial charge < -0.3 is 9.47 Å². The van der Waals surface area contributed by atoms with E-state index in [4.69, 9.17) is 9.47 Å². The van der Waals surface area contributed by atoms with Crippen LogP contribution in [0.15, 0.2) is 24.5 Å². The van der Waals surface area contributed by atoms with Gasteiger partial charge in [-0.2, -0.15) is 4.37 Å². The van der Waals surface area contributed by atoms with Gasteiger partial charge in [0.1, 0.15) is 5.75 Å². The van der Waals surface area contributed by atoms with Crippen LogP contribution in [0.3, 0.4) is 0 Å². The highest BCUT2D eigenvalue weighted by molar-refractivity contribution is 7.09. The Hall–Kier alpha value is -1.62. The van der Waals surface area contributed by atoms with Gasteiger partial charge in [0.25, 0.3) is 0 Å². The van der Waals surface area contributed by atoms with Gasteiger partial charge in [-0.15, -0.1) is 0 Å². The Balaban J connectivity index is 2.35. The first-order valence-electron chi connectivity index (χ1n) is 4.33. The molecule has 0 fully saturated rings. The van der Waals surface area contributed by atoms with E-state index in [0.717, 1.165) is 16.2 Å². The topological polar surface area (TPSA) is 44.2 Å². The van der Waals surface area contributed by atoms with E-state index in [1.54, 1.807) is 26.6 Å². The molecule has 0 spiro atoms. The largest absolute Gasteiger partial charge is 0.495 e. The highest BCUT2D eigenvalue weighted by Crippen LogP contribution is 2.29. The molecular formula is C10H10N2O2S. The lowest BCUT2D eigenvalue weighted by Crippen LogP contribution is -1.84. The summed E-state index contributed by atoms with van der Waals surface area (Å²) in [6.07, 6.45) is 3.44. The molecule has 0 amide bonds. The second kappa shape index (κ2) is 4.27. The molecule has 2 aromatic heterocycles. The molecule has 2 heterocycles. The smallest absolute Gasteiger partial charge is 0.225 e. The molecule has 0 atom stereocenters. The third kappa shape index (κ3) is 2.07. The Bertz CT molecular complexity index is 456. The normalized spacial score (nSPS) is 10.0. The molecule has 0 bridgehead atoms. The van der Waals surface area contributed by atoms with Gasteiger partial charge in [-0.3, -0.25) is 4.98 Å². The minimum atomic E-state index is 0.623. The first kappa shape index (κ1) is 9.92. The average Bonchev–Trinajstić information content (AvgIpc) is 2.78. The van der Waals surface area contributed by atoms with Gasteiger partial charge in [0, 0.05) is 17.8 Å². The fourth-order valence-electron chi connectivity index (χ4n) is 1.16. The van der Waals surface area contributed by atoms with Crippen LogP contribution in [-0.2, 0) is 0 Å². The Morgan fingerprint density at radius 3 is 2.67 bits per heavy atom. The maximum atomic E-state index is 5.10. The first-order chi connectivity index (χ1) is 7.33. The minimum absolute atomic E-state index is 0.623. The van der Waals surface area contributed by atoms with Gasteiger partial charge in [0.2, 0.25) is 5.88 Å². The van der Waals surface area contributed by atoms with Crippen LogP contribution in [0.25, 0.3) is 10.4 Å². The third-order valence-electron chi connectivity index (χ3n) is 1.93. The monoisotopic (exact) mass is 222 g/mol. The van der Waals surface area contributed by atoms with Gasteiger partial charge in [0.15, 0.2) is 0 Å². The maximum Gasteiger partial charge on any atom is 0.225 e. The summed E-state index contributed by atoms with van der Waals surface area (Å²) in [5, 5.41) is 0. The van der Waals surface area contributed by atoms with Crippen molar-refractivity contribution in [3.05, 3.63) is 24.5 Å². The molecule has 15 heavy (non-hydrogen) atoms. The van der Waals surface area contributed by atoms with E-state index in [0.29, 0.717) is 5.88 Å². The zero-order chi connectivity index (χ0) is 10.7. The molecule has 0 unspecified atom stereocenters. The SMILES string of the molecule is COc1cncc(-c2cc(OC)ns2)c1. The van der Waals surface area contributed by atoms with Crippen LogP contribution in [0.1, 0.15) is 0 Å². The fraction of sp³-hybridized carbons (Fsp3) is 0.200. The van der Waals surface area contributed by atoms with Crippen molar-refractivity contribution < 1.29 is 9.47 Å². The Morgan fingerprint density at radius 2 is 2.00 bits per heavy atom. The van der Waals surface area contributed by atoms with Crippen molar-refractivity contribution in [2.45, 2.75) is 0 Å². The van der Waals surface area contributed by atoms with E-state index in [9.17, 15) is 0 Å². The van der Waals surface area contributed by atoms with Crippen molar-refractivity contribution in [2.75, 3.05) is 14.2 Å². The van der Waals surface area contributed by atoms with Crippen molar-refractivity contribution >= 4 is 11.5 Å². The highest BCUT2D eigenvalue weighted by atomic mass is 32.1. The summed E-state index contributed by atoms with van der Waals surface area (Å²) in [5.74, 6) is 1.36. The highest BCUT2D eigenvalue weighted by Gasteiger charge is 2.05. The van der Waals surface area contributed by atoms with Crippen molar-refractivity contribution in [1.82, 2.24) is 9.36 Å². The van der Waals surface area contributed by atoms with Crippen molar-refractivity contribution in [2.24, 2.45) is 0 Å². The Labute approximate surface area is 91.7 Å². The lowest BCUT2D eigenvalue weighted by atomic mass is 10.2. The fourth-order valence-corrected chi connectivity index (χ4v) is 1.84. The van der Waals surface area contributed by atoms with Gasteiger partial charge in [-0.1, -0.05) is 0 Å². The number of hydrogen-bond donors (Lipinski definition) is 0. The summed E-state index contributed by atoms with van der Waals surface area (Å²) in [6.45, 7) is 0. The molecular weight excluding hydrogens is 212 g/mol. The number of ether oxygens (including phenoxy) is 2. The predicted octanol–water partition coefficient (Wildman–Crippen LogP) is 2.22. The summed E-state index contributed by atoms with van der Waals surface area (Å²) in [6, 6.07) is 3.79. The van der Waals surface area contributed by atoms with Crippen LogP contribution >= 0.6 is 11.5 Å². The molecule has 0 aromatic carbocycles. The van der Waals surface area contributed by atoms with Gasteiger partial charge >= 0.3 is 0 Å². The molecule has 78 valence electrons. The lowest BCUT2D eigenvalue weighted by Gasteiger charge is -2.00. The predicted molar refractivity (Wildman–Crippen MR) is 58.4 cm³/mol. The molecule has 0 radical (unpaired) electrons. The molecule has 0 saturated carbocycles. The number of pyridine rings is 1. The molecule has 4 nitrogen and oxygen atoms in total. The zero-order valence-corrected chi connectivity index (χ0v) is 9.25. The summed E-state index contributed by atoms with van der Waals surface area (Å²) in [5.41, 5.74) is 0.982. The number of aromatic nitrogens is 2. The van der Waals surface area contributed by atoms with Crippen LogP contribution in [0.2, 0.25) is 0 Å². The molecule has 5 heteroatoms. The molecule has 0 N–H and O–H groups in total. The summed E-state index contributed by atoms with van der Waals surface area (Å²) in [4.78, 5) is 5.09. The summed E-state index contributed by atoms with van der Waals surface area (Å²) >= 11 is 1.38. The standard InChI is InChI=1S/C10H10N2O2S/c1-13-8-3-7(5-11-6-8)9-4-10(14-2)12-15-9/h3-6H,1-2H3. The second-order valence-corrected chi connectivity index (χ2v) is 3.65. The molecule has 0 aliphatic carbocycles. The van der Waals surface area contributed by atoms with E-state index in [1.807, 2.05) is 12.1 Å². The van der Waals surface area contributed by atoms with Crippen LogP contribution in [0, 0.1) is 0 Å². The van der Waals surface area contributed by atoms with E-state index in [-0.39, 0.29) is 0 Å². The lowest BCUT2D eigenvalue weighted by molar-refractivity contribution is 0.403. The Morgan fingerprint density at radius 1 is 1.13 bits per heavy atom. The zero-order valence-electron chi connectivity index (χ0n) is 8.43. The van der Waals surface area contributed by atoms with E-state index in [1.165, 1.54) is 11.5 Å². The minimum Gasteiger partial charge on any atom is -0.495 e. The molecule has 2 aromatic rings. The maximum absolute atomic E-state index is 5.10. The van der Waals surface area contributed by atoms with E-state index in [2.05, 4.69) is 9.36 Å². The van der Waals surface area contributed by atoms with Gasteiger partial charge in [0.05, 0.1) is 25.3 Å². The quantitative estimate of drug-likeness (QED) is 0.798. The van der Waals surface area contributed by atoms with Gasteiger partial charge in [-0.25, -0.2) is 0 Å². The van der Waals surface area contributed by atoms with Crippen molar-refractivity contribution in [3.63, 3.8) is 0 Å².